The lowest BCUT2D eigenvalue weighted by molar-refractivity contribution is -0.133. The van der Waals surface area contributed by atoms with E-state index in [2.05, 4.69) is 4.74 Å². The molecule has 0 aliphatic heterocycles. The molecule has 0 fully saturated rings. The Kier molecular flexibility index (Phi) is 6.60. The van der Waals surface area contributed by atoms with Crippen molar-refractivity contribution in [2.24, 2.45) is 0 Å². The Morgan fingerprint density at radius 3 is 2.38 bits per heavy atom. The van der Waals surface area contributed by atoms with Crippen LogP contribution in [0.3, 0.4) is 0 Å². The van der Waals surface area contributed by atoms with Crippen molar-refractivity contribution in [1.29, 1.82) is 0 Å². The molecule has 0 aliphatic rings. The minimum Gasteiger partial charge on any atom is -0.452 e. The molecule has 0 heterocycles. The third-order valence-corrected chi connectivity index (χ3v) is 3.41. The number of likely N-dealkylation sites (N-methyl/N-ethyl adjacent to an activating group) is 1. The number of para-hydroxylation sites is 1. The third-order valence-electron chi connectivity index (χ3n) is 3.41. The highest BCUT2D eigenvalue weighted by Crippen LogP contribution is 2.21. The fourth-order valence-corrected chi connectivity index (χ4v) is 2.10. The second kappa shape index (κ2) is 8.89. The Bertz CT molecular complexity index is 765. The van der Waals surface area contributed by atoms with Gasteiger partial charge >= 0.3 is 12.6 Å². The maximum atomic E-state index is 12.9. The summed E-state index contributed by atoms with van der Waals surface area (Å²) in [7, 11) is 1.49. The van der Waals surface area contributed by atoms with Crippen molar-refractivity contribution in [2.45, 2.75) is 13.2 Å². The van der Waals surface area contributed by atoms with Gasteiger partial charge in [-0.3, -0.25) is 4.79 Å². The number of halogens is 3. The van der Waals surface area contributed by atoms with Gasteiger partial charge in [-0.1, -0.05) is 24.3 Å². The smallest absolute Gasteiger partial charge is 0.387 e. The predicted molar refractivity (Wildman–Crippen MR) is 86.2 cm³/mol. The molecule has 5 nitrogen and oxygen atoms in total. The number of hydrogen-bond acceptors (Lipinski definition) is 4. The Labute approximate surface area is 147 Å². The highest BCUT2D eigenvalue weighted by Gasteiger charge is 2.18. The Morgan fingerprint density at radius 1 is 1.08 bits per heavy atom. The Balaban J connectivity index is 1.92. The van der Waals surface area contributed by atoms with Crippen LogP contribution in [0, 0.1) is 5.82 Å². The van der Waals surface area contributed by atoms with Crippen LogP contribution in [0.1, 0.15) is 15.9 Å². The molecule has 0 saturated heterocycles. The summed E-state index contributed by atoms with van der Waals surface area (Å²) in [6, 6.07) is 10.9. The molecule has 2 aromatic carbocycles. The molecule has 0 saturated carbocycles. The molecule has 2 rings (SSSR count). The topological polar surface area (TPSA) is 55.8 Å². The number of hydrogen-bond donors (Lipinski definition) is 0. The molecule has 0 bridgehead atoms. The van der Waals surface area contributed by atoms with E-state index in [0.717, 1.165) is 0 Å². The van der Waals surface area contributed by atoms with E-state index >= 15 is 0 Å². The maximum absolute atomic E-state index is 12.9. The number of nitrogens with zero attached hydrogens (tertiary/aromatic N) is 1. The summed E-state index contributed by atoms with van der Waals surface area (Å²) in [5, 5.41) is 0. The number of rotatable bonds is 7. The van der Waals surface area contributed by atoms with Gasteiger partial charge in [-0.05, 0) is 29.8 Å². The standard InChI is InChI=1S/C18H16F3NO4/c1-22(10-12-6-8-13(19)9-7-12)16(23)11-25-17(24)14-4-2-3-5-15(14)26-18(20)21/h2-9,18H,10-11H2,1H3. The molecule has 0 spiro atoms. The van der Waals surface area contributed by atoms with Crippen molar-refractivity contribution in [3.05, 3.63) is 65.5 Å². The zero-order valence-electron chi connectivity index (χ0n) is 13.8. The molecule has 26 heavy (non-hydrogen) atoms. The molecule has 0 aliphatic carbocycles. The predicted octanol–water partition coefficient (Wildman–Crippen LogP) is 3.24. The summed E-state index contributed by atoms with van der Waals surface area (Å²) >= 11 is 0. The highest BCUT2D eigenvalue weighted by atomic mass is 19.3. The molecule has 0 atom stereocenters. The number of ether oxygens (including phenoxy) is 2. The Morgan fingerprint density at radius 2 is 1.73 bits per heavy atom. The summed E-state index contributed by atoms with van der Waals surface area (Å²) in [5.74, 6) is -2.18. The minimum absolute atomic E-state index is 0.196. The van der Waals surface area contributed by atoms with Crippen LogP contribution in [-0.2, 0) is 16.1 Å². The molecule has 138 valence electrons. The maximum Gasteiger partial charge on any atom is 0.387 e. The van der Waals surface area contributed by atoms with Gasteiger partial charge in [-0.25, -0.2) is 9.18 Å². The van der Waals surface area contributed by atoms with Gasteiger partial charge in [-0.2, -0.15) is 8.78 Å². The number of carbonyl (C=O) groups is 2. The molecular formula is C18H16F3NO4. The number of amides is 1. The van der Waals surface area contributed by atoms with E-state index < -0.39 is 25.1 Å². The second-order valence-electron chi connectivity index (χ2n) is 5.33. The van der Waals surface area contributed by atoms with Gasteiger partial charge in [0.2, 0.25) is 0 Å². The summed E-state index contributed by atoms with van der Waals surface area (Å²) in [5.41, 5.74) is 0.492. The van der Waals surface area contributed by atoms with E-state index in [1.807, 2.05) is 0 Å². The first-order valence-corrected chi connectivity index (χ1v) is 7.56. The van der Waals surface area contributed by atoms with Gasteiger partial charge in [0.1, 0.15) is 17.1 Å². The van der Waals surface area contributed by atoms with E-state index in [9.17, 15) is 22.8 Å². The molecule has 0 N–H and O–H groups in total. The van der Waals surface area contributed by atoms with Gasteiger partial charge in [-0.15, -0.1) is 0 Å². The van der Waals surface area contributed by atoms with Gasteiger partial charge in [0.25, 0.3) is 5.91 Å². The lowest BCUT2D eigenvalue weighted by atomic mass is 10.2. The zero-order chi connectivity index (χ0) is 19.1. The van der Waals surface area contributed by atoms with Crippen LogP contribution >= 0.6 is 0 Å². The van der Waals surface area contributed by atoms with Crippen molar-refractivity contribution >= 4 is 11.9 Å². The summed E-state index contributed by atoms with van der Waals surface area (Å²) < 4.78 is 46.7. The van der Waals surface area contributed by atoms with Crippen LogP contribution < -0.4 is 4.74 Å². The van der Waals surface area contributed by atoms with E-state index in [1.165, 1.54) is 60.5 Å². The number of alkyl halides is 2. The van der Waals surface area contributed by atoms with Crippen molar-refractivity contribution in [1.82, 2.24) is 4.90 Å². The fourth-order valence-electron chi connectivity index (χ4n) is 2.10. The number of benzene rings is 2. The van der Waals surface area contributed by atoms with Gasteiger partial charge in [0, 0.05) is 13.6 Å². The van der Waals surface area contributed by atoms with Gasteiger partial charge in [0.05, 0.1) is 0 Å². The minimum atomic E-state index is -3.09. The fraction of sp³-hybridized carbons (Fsp3) is 0.222. The quantitative estimate of drug-likeness (QED) is 0.705. The van der Waals surface area contributed by atoms with Crippen LogP contribution in [0.2, 0.25) is 0 Å². The van der Waals surface area contributed by atoms with Crippen molar-refractivity contribution in [2.75, 3.05) is 13.7 Å². The Hall–Kier alpha value is -3.03. The average molecular weight is 367 g/mol. The molecule has 0 radical (unpaired) electrons. The highest BCUT2D eigenvalue weighted by molar-refractivity contribution is 5.93. The third kappa shape index (κ3) is 5.51. The van der Waals surface area contributed by atoms with E-state index in [1.54, 1.807) is 0 Å². The first kappa shape index (κ1) is 19.3. The van der Waals surface area contributed by atoms with Crippen molar-refractivity contribution < 1.29 is 32.2 Å². The lowest BCUT2D eigenvalue weighted by Crippen LogP contribution is -2.30. The van der Waals surface area contributed by atoms with Crippen LogP contribution in [0.4, 0.5) is 13.2 Å². The van der Waals surface area contributed by atoms with Crippen LogP contribution in [-0.4, -0.2) is 37.0 Å². The van der Waals surface area contributed by atoms with E-state index in [0.29, 0.717) is 5.56 Å². The molecule has 0 aromatic heterocycles. The molecule has 0 unspecified atom stereocenters. The largest absolute Gasteiger partial charge is 0.452 e. The van der Waals surface area contributed by atoms with E-state index in [4.69, 9.17) is 4.74 Å². The summed E-state index contributed by atoms with van der Waals surface area (Å²) in [6.07, 6.45) is 0. The zero-order valence-corrected chi connectivity index (χ0v) is 13.8. The van der Waals surface area contributed by atoms with Crippen LogP contribution in [0.25, 0.3) is 0 Å². The first-order chi connectivity index (χ1) is 12.4. The van der Waals surface area contributed by atoms with E-state index in [-0.39, 0.29) is 23.7 Å². The van der Waals surface area contributed by atoms with Crippen LogP contribution in [0.5, 0.6) is 5.75 Å². The van der Waals surface area contributed by atoms with Crippen molar-refractivity contribution in [3.63, 3.8) is 0 Å². The summed E-state index contributed by atoms with van der Waals surface area (Å²) in [4.78, 5) is 25.3. The van der Waals surface area contributed by atoms with Gasteiger partial charge in [0.15, 0.2) is 6.61 Å². The lowest BCUT2D eigenvalue weighted by Gasteiger charge is -2.17. The molecule has 1 amide bonds. The normalized spacial score (nSPS) is 10.5. The first-order valence-electron chi connectivity index (χ1n) is 7.56. The average Bonchev–Trinajstić information content (AvgIpc) is 2.61. The number of esters is 1. The second-order valence-corrected chi connectivity index (χ2v) is 5.33. The summed E-state index contributed by atoms with van der Waals surface area (Å²) in [6.45, 7) is -3.46. The monoisotopic (exact) mass is 367 g/mol. The molecule has 8 heteroatoms. The van der Waals surface area contributed by atoms with Gasteiger partial charge < -0.3 is 14.4 Å². The van der Waals surface area contributed by atoms with Crippen molar-refractivity contribution in [3.8, 4) is 5.75 Å². The SMILES string of the molecule is CN(Cc1ccc(F)cc1)C(=O)COC(=O)c1ccccc1OC(F)F. The number of carbonyl (C=O) groups excluding carboxylic acids is 2. The molecule has 2 aromatic rings. The molecular weight excluding hydrogens is 351 g/mol. The van der Waals surface area contributed by atoms with Crippen LogP contribution in [0.15, 0.2) is 48.5 Å².